The molecule has 0 radical (unpaired) electrons. The molecule has 9 heteroatoms. The van der Waals surface area contributed by atoms with Gasteiger partial charge in [-0.15, -0.1) is 0 Å². The molecule has 214 valence electrons. The molecule has 0 saturated heterocycles. The van der Waals surface area contributed by atoms with E-state index < -0.39 is 27.3 Å². The number of rotatable bonds is 0. The summed E-state index contributed by atoms with van der Waals surface area (Å²) in [4.78, 5) is 15.6. The van der Waals surface area contributed by atoms with Gasteiger partial charge in [0.1, 0.15) is 5.75 Å². The first-order valence-corrected chi connectivity index (χ1v) is 16.2. The molecule has 2 N–H and O–H groups in total. The molecule has 2 aromatic rings. The summed E-state index contributed by atoms with van der Waals surface area (Å²) in [5, 5.41) is 11.0. The van der Waals surface area contributed by atoms with Crippen LogP contribution in [0.25, 0.3) is 0 Å². The Morgan fingerprint density at radius 1 is 1.12 bits per heavy atom. The number of carbonyl (C=O) groups is 1. The number of fused-ring (bicyclic) bond motifs is 4. The van der Waals surface area contributed by atoms with Crippen LogP contribution >= 0.6 is 11.6 Å². The lowest BCUT2D eigenvalue weighted by Crippen LogP contribution is -2.49. The maximum absolute atomic E-state index is 13.2. The van der Waals surface area contributed by atoms with Crippen LogP contribution < -0.4 is 14.4 Å². The van der Waals surface area contributed by atoms with E-state index in [9.17, 15) is 18.3 Å². The number of anilines is 1. The second-order valence-electron chi connectivity index (χ2n) is 12.2. The third kappa shape index (κ3) is 4.92. The van der Waals surface area contributed by atoms with Gasteiger partial charge in [-0.2, -0.15) is 0 Å². The fourth-order valence-electron chi connectivity index (χ4n) is 6.96. The number of hydrogen-bond acceptors (Lipinski definition) is 6. The number of amides is 1. The Morgan fingerprint density at radius 2 is 1.95 bits per heavy atom. The molecule has 7 nitrogen and oxygen atoms in total. The number of nitrogens with zero attached hydrogens (tertiary/aromatic N) is 1. The molecule has 1 amide bonds. The van der Waals surface area contributed by atoms with Gasteiger partial charge in [-0.05, 0) is 98.2 Å². The third-order valence-corrected chi connectivity index (χ3v) is 11.9. The molecule has 2 aliphatic carbocycles. The maximum Gasteiger partial charge on any atom is 0.264 e. The molecule has 0 unspecified atom stereocenters. The van der Waals surface area contributed by atoms with Crippen LogP contribution in [0.3, 0.4) is 0 Å². The third-order valence-electron chi connectivity index (χ3n) is 9.75. The first kappa shape index (κ1) is 27.6. The second-order valence-corrected chi connectivity index (χ2v) is 14.7. The highest BCUT2D eigenvalue weighted by molar-refractivity contribution is 7.90. The highest BCUT2D eigenvalue weighted by Crippen LogP contribution is 2.46. The van der Waals surface area contributed by atoms with Gasteiger partial charge in [0.2, 0.25) is 10.0 Å². The number of halogens is 1. The molecule has 1 spiro atoms. The largest absolute Gasteiger partial charge is 0.490 e. The summed E-state index contributed by atoms with van der Waals surface area (Å²) in [6, 6.07) is 11.3. The minimum atomic E-state index is -3.95. The van der Waals surface area contributed by atoms with E-state index in [1.807, 2.05) is 6.07 Å². The number of sulfonamides is 1. The number of aliphatic hydroxyl groups is 1. The summed E-state index contributed by atoms with van der Waals surface area (Å²) in [6.45, 7) is 5.29. The van der Waals surface area contributed by atoms with E-state index in [1.165, 1.54) is 11.1 Å². The van der Waals surface area contributed by atoms with Gasteiger partial charge >= 0.3 is 0 Å². The molecule has 2 heterocycles. The Kier molecular flexibility index (Phi) is 7.16. The first-order valence-electron chi connectivity index (χ1n) is 14.3. The lowest BCUT2D eigenvalue weighted by Gasteiger charge is -2.45. The summed E-state index contributed by atoms with van der Waals surface area (Å²) < 4.78 is 35.0. The number of ether oxygens (including phenoxy) is 1. The van der Waals surface area contributed by atoms with Gasteiger partial charge in [0.15, 0.2) is 0 Å². The number of allylic oxidation sites excluding steroid dienone is 1. The van der Waals surface area contributed by atoms with E-state index in [0.717, 1.165) is 42.8 Å². The highest BCUT2D eigenvalue weighted by atomic mass is 35.5. The molecular weight excluding hydrogens is 548 g/mol. The summed E-state index contributed by atoms with van der Waals surface area (Å²) in [6.07, 6.45) is 7.75. The number of aryl methyl sites for hydroxylation is 1. The van der Waals surface area contributed by atoms with Crippen LogP contribution in [0.4, 0.5) is 5.69 Å². The molecule has 1 fully saturated rings. The molecule has 2 aliphatic heterocycles. The Balaban J connectivity index is 1.44. The van der Waals surface area contributed by atoms with Gasteiger partial charge in [-0.3, -0.25) is 4.79 Å². The Bertz CT molecular complexity index is 1460. The van der Waals surface area contributed by atoms with Crippen molar-refractivity contribution in [3.05, 3.63) is 70.3 Å². The number of benzene rings is 2. The van der Waals surface area contributed by atoms with Crippen LogP contribution in [0.2, 0.25) is 5.02 Å². The summed E-state index contributed by atoms with van der Waals surface area (Å²) in [7, 11) is -3.95. The van der Waals surface area contributed by atoms with Crippen LogP contribution in [0, 0.1) is 17.8 Å². The zero-order valence-corrected chi connectivity index (χ0v) is 24.5. The predicted molar refractivity (Wildman–Crippen MR) is 157 cm³/mol. The van der Waals surface area contributed by atoms with Crippen molar-refractivity contribution in [3.8, 4) is 5.75 Å². The zero-order chi connectivity index (χ0) is 28.2. The first-order chi connectivity index (χ1) is 19.1. The minimum Gasteiger partial charge on any atom is -0.490 e. The Hall–Kier alpha value is -2.55. The molecule has 40 heavy (non-hydrogen) atoms. The van der Waals surface area contributed by atoms with E-state index in [0.29, 0.717) is 25.4 Å². The van der Waals surface area contributed by atoms with Crippen LogP contribution in [0.15, 0.2) is 48.6 Å². The Labute approximate surface area is 241 Å². The maximum atomic E-state index is 13.2. The van der Waals surface area contributed by atoms with Gasteiger partial charge in [0.25, 0.3) is 5.91 Å². The number of hydrogen-bond donors (Lipinski definition) is 2. The van der Waals surface area contributed by atoms with Gasteiger partial charge < -0.3 is 14.7 Å². The topological polar surface area (TPSA) is 95.9 Å². The van der Waals surface area contributed by atoms with E-state index in [4.69, 9.17) is 16.3 Å². The second kappa shape index (κ2) is 10.4. The fourth-order valence-corrected chi connectivity index (χ4v) is 8.37. The van der Waals surface area contributed by atoms with E-state index in [-0.39, 0.29) is 28.7 Å². The molecule has 6 atom stereocenters. The molecule has 2 aromatic carbocycles. The Morgan fingerprint density at radius 3 is 2.73 bits per heavy atom. The molecule has 1 saturated carbocycles. The van der Waals surface area contributed by atoms with Crippen molar-refractivity contribution >= 4 is 33.2 Å². The predicted octanol–water partition coefficient (Wildman–Crippen LogP) is 4.85. The van der Waals surface area contributed by atoms with Crippen molar-refractivity contribution in [2.75, 3.05) is 24.6 Å². The molecule has 6 rings (SSSR count). The summed E-state index contributed by atoms with van der Waals surface area (Å²) in [5.41, 5.74) is 3.32. The number of carbonyl (C=O) groups excluding carboxylic acids is 1. The molecule has 2 bridgehead atoms. The smallest absolute Gasteiger partial charge is 0.264 e. The highest BCUT2D eigenvalue weighted by Gasteiger charge is 2.44. The summed E-state index contributed by atoms with van der Waals surface area (Å²) >= 11 is 6.37. The van der Waals surface area contributed by atoms with Gasteiger partial charge in [0, 0.05) is 29.1 Å². The van der Waals surface area contributed by atoms with Crippen molar-refractivity contribution in [3.63, 3.8) is 0 Å². The van der Waals surface area contributed by atoms with E-state index >= 15 is 0 Å². The summed E-state index contributed by atoms with van der Waals surface area (Å²) in [5.74, 6) is -0.00460. The van der Waals surface area contributed by atoms with E-state index in [1.54, 1.807) is 44.2 Å². The average Bonchev–Trinajstić information content (AvgIpc) is 3.05. The average molecular weight is 585 g/mol. The molecular formula is C31H37ClN2O5S. The van der Waals surface area contributed by atoms with Crippen LogP contribution in [0.1, 0.15) is 61.0 Å². The number of aliphatic hydroxyl groups excluding tert-OH is 1. The normalized spacial score (nSPS) is 34.0. The lowest BCUT2D eigenvalue weighted by atomic mass is 9.68. The van der Waals surface area contributed by atoms with E-state index in [2.05, 4.69) is 21.8 Å². The monoisotopic (exact) mass is 584 g/mol. The lowest BCUT2D eigenvalue weighted by molar-refractivity contribution is 0.0454. The van der Waals surface area contributed by atoms with Crippen LogP contribution in [-0.4, -0.2) is 50.5 Å². The zero-order valence-electron chi connectivity index (χ0n) is 23.0. The van der Waals surface area contributed by atoms with Crippen molar-refractivity contribution in [2.24, 2.45) is 17.8 Å². The van der Waals surface area contributed by atoms with Gasteiger partial charge in [0.05, 0.1) is 23.6 Å². The van der Waals surface area contributed by atoms with Gasteiger partial charge in [-0.1, -0.05) is 36.7 Å². The van der Waals surface area contributed by atoms with Gasteiger partial charge in [-0.25, -0.2) is 13.1 Å². The molecule has 0 aromatic heterocycles. The number of nitrogens with one attached hydrogen (secondary N) is 1. The molecule has 4 aliphatic rings. The SMILES string of the molecule is C[C@@H]1/C=C/[C@H](O)[C@@H]2CC[C@H]2CN2C[C@@]3(CCCc4cc(Cl)ccc43)COc3ccc(cc32)C(=O)NS(=O)(=O)[C@@H]1C. The van der Waals surface area contributed by atoms with Crippen molar-refractivity contribution in [1.29, 1.82) is 0 Å². The fraction of sp³-hybridized carbons (Fsp3) is 0.516. The van der Waals surface area contributed by atoms with Crippen LogP contribution in [0.5, 0.6) is 5.75 Å². The van der Waals surface area contributed by atoms with Crippen molar-refractivity contribution in [2.45, 2.75) is 62.7 Å². The standard InChI is InChI=1S/C31H37ClN2O5S/c1-19-5-11-28(35)25-9-6-23(25)16-34-17-31(13-3-4-21-14-24(32)8-10-26(21)31)18-39-29-12-7-22(15-27(29)34)30(36)33-40(37,38)20(19)2/h5,7-8,10-12,14-15,19-20,23,25,28,35H,3-4,6,9,13,16-18H2,1-2H3,(H,33,36)/b11-5+/t19-,20-,23+,25-,28+,31+/m1/s1. The van der Waals surface area contributed by atoms with Crippen molar-refractivity contribution < 1.29 is 23.1 Å². The van der Waals surface area contributed by atoms with Crippen LogP contribution in [-0.2, 0) is 21.9 Å². The van der Waals surface area contributed by atoms with Crippen molar-refractivity contribution in [1.82, 2.24) is 4.72 Å². The minimum absolute atomic E-state index is 0.0875. The quantitative estimate of drug-likeness (QED) is 0.430.